The number of aromatic nitrogens is 4. The number of benzene rings is 1. The fraction of sp³-hybridized carbons (Fsp3) is 0.476. The summed E-state index contributed by atoms with van der Waals surface area (Å²) in [5.41, 5.74) is 8.64. The third kappa shape index (κ3) is 3.90. The van der Waals surface area contributed by atoms with Gasteiger partial charge in [0.05, 0.1) is 19.0 Å². The molecule has 1 unspecified atom stereocenters. The van der Waals surface area contributed by atoms with Gasteiger partial charge in [0.1, 0.15) is 0 Å². The number of rotatable bonds is 5. The van der Waals surface area contributed by atoms with Crippen LogP contribution in [0.25, 0.3) is 11.2 Å². The van der Waals surface area contributed by atoms with Gasteiger partial charge in [0, 0.05) is 24.4 Å². The minimum atomic E-state index is 0.264. The number of anilines is 3. The van der Waals surface area contributed by atoms with E-state index in [1.807, 2.05) is 36.7 Å². The average molecular weight is 393 g/mol. The van der Waals surface area contributed by atoms with Gasteiger partial charge < -0.3 is 25.7 Å². The van der Waals surface area contributed by atoms with Gasteiger partial charge in [-0.1, -0.05) is 18.2 Å². The van der Waals surface area contributed by atoms with E-state index in [2.05, 4.69) is 20.2 Å². The number of hydrogen-bond acceptors (Lipinski definition) is 7. The summed E-state index contributed by atoms with van der Waals surface area (Å²) in [6, 6.07) is 11.0. The van der Waals surface area contributed by atoms with Crippen molar-refractivity contribution in [2.75, 3.05) is 23.8 Å². The lowest BCUT2D eigenvalue weighted by Crippen LogP contribution is -2.33. The molecule has 2 aromatic heterocycles. The second-order valence-corrected chi connectivity index (χ2v) is 7.98. The summed E-state index contributed by atoms with van der Waals surface area (Å²) in [4.78, 5) is 14.3. The molecule has 8 heteroatoms. The van der Waals surface area contributed by atoms with Crippen LogP contribution in [0.15, 0.2) is 36.7 Å². The minimum Gasteiger partial charge on any atom is -0.379 e. The van der Waals surface area contributed by atoms with Gasteiger partial charge >= 0.3 is 0 Å². The van der Waals surface area contributed by atoms with E-state index in [1.54, 1.807) is 0 Å². The van der Waals surface area contributed by atoms with Crippen LogP contribution in [0.4, 0.5) is 17.5 Å². The number of imidazole rings is 1. The number of hydrogen-bond donors (Lipinski definition) is 3. The lowest BCUT2D eigenvalue weighted by Gasteiger charge is -2.27. The van der Waals surface area contributed by atoms with Gasteiger partial charge in [-0.3, -0.25) is 0 Å². The van der Waals surface area contributed by atoms with Crippen LogP contribution in [-0.4, -0.2) is 44.8 Å². The Labute approximate surface area is 169 Å². The summed E-state index contributed by atoms with van der Waals surface area (Å²) >= 11 is 0. The Morgan fingerprint density at radius 1 is 1.03 bits per heavy atom. The van der Waals surface area contributed by atoms with Crippen LogP contribution < -0.4 is 16.4 Å². The molecule has 1 atom stereocenters. The van der Waals surface area contributed by atoms with E-state index in [4.69, 9.17) is 20.4 Å². The van der Waals surface area contributed by atoms with E-state index >= 15 is 0 Å². The molecule has 0 bridgehead atoms. The fourth-order valence-electron chi connectivity index (χ4n) is 4.18. The molecule has 2 fully saturated rings. The van der Waals surface area contributed by atoms with Crippen molar-refractivity contribution in [1.82, 2.24) is 19.5 Å². The number of nitrogens with zero attached hydrogens (tertiary/aromatic N) is 4. The van der Waals surface area contributed by atoms with Crippen LogP contribution in [0.3, 0.4) is 0 Å². The molecule has 5 rings (SSSR count). The molecule has 0 amide bonds. The molecule has 1 aliphatic heterocycles. The second-order valence-electron chi connectivity index (χ2n) is 7.98. The Morgan fingerprint density at radius 3 is 2.62 bits per heavy atom. The van der Waals surface area contributed by atoms with Crippen molar-refractivity contribution in [3.05, 3.63) is 36.7 Å². The summed E-state index contributed by atoms with van der Waals surface area (Å²) in [7, 11) is 0. The zero-order chi connectivity index (χ0) is 19.6. The van der Waals surface area contributed by atoms with Crippen molar-refractivity contribution in [3.63, 3.8) is 0 Å². The predicted octanol–water partition coefficient (Wildman–Crippen LogP) is 3.21. The number of nitrogens with two attached hydrogens (primary N) is 1. The standard InChI is InChI=1S/C21H27N7O/c22-14-6-8-16(9-7-14)25-21-26-19(24-15-4-2-1-3-5-15)18-20(27-21)28(13-23-18)17-10-11-29-12-17/h1-5,13-14,16-17H,6-12,22H2,(H2,24,25,26,27). The van der Waals surface area contributed by atoms with Crippen molar-refractivity contribution in [3.8, 4) is 0 Å². The van der Waals surface area contributed by atoms with Crippen molar-refractivity contribution < 1.29 is 4.74 Å². The molecule has 3 heterocycles. The lowest BCUT2D eigenvalue weighted by molar-refractivity contribution is 0.187. The Kier molecular flexibility index (Phi) is 5.03. The summed E-state index contributed by atoms with van der Waals surface area (Å²) in [6.45, 7) is 1.47. The Balaban J connectivity index is 1.50. The molecular weight excluding hydrogens is 366 g/mol. The Bertz CT molecular complexity index is 960. The maximum atomic E-state index is 6.06. The van der Waals surface area contributed by atoms with Gasteiger partial charge in [-0.2, -0.15) is 9.97 Å². The summed E-state index contributed by atoms with van der Waals surface area (Å²) in [6.07, 6.45) is 6.98. The van der Waals surface area contributed by atoms with Crippen LogP contribution in [-0.2, 0) is 4.74 Å². The molecular formula is C21H27N7O. The summed E-state index contributed by atoms with van der Waals surface area (Å²) in [5, 5.41) is 6.95. The maximum Gasteiger partial charge on any atom is 0.227 e. The minimum absolute atomic E-state index is 0.264. The van der Waals surface area contributed by atoms with E-state index < -0.39 is 0 Å². The lowest BCUT2D eigenvalue weighted by atomic mass is 9.92. The topological polar surface area (TPSA) is 103 Å². The van der Waals surface area contributed by atoms with Gasteiger partial charge in [0.25, 0.3) is 0 Å². The molecule has 3 aromatic rings. The third-order valence-corrected chi connectivity index (χ3v) is 5.86. The van der Waals surface area contributed by atoms with Crippen LogP contribution in [0.5, 0.6) is 0 Å². The van der Waals surface area contributed by atoms with Crippen molar-refractivity contribution in [2.24, 2.45) is 5.73 Å². The van der Waals surface area contributed by atoms with E-state index in [-0.39, 0.29) is 6.04 Å². The summed E-state index contributed by atoms with van der Waals surface area (Å²) < 4.78 is 7.71. The molecule has 1 aromatic carbocycles. The zero-order valence-corrected chi connectivity index (χ0v) is 16.4. The highest BCUT2D eigenvalue weighted by atomic mass is 16.5. The largest absolute Gasteiger partial charge is 0.379 e. The Hall–Kier alpha value is -2.71. The molecule has 0 spiro atoms. The van der Waals surface area contributed by atoms with Gasteiger partial charge in [-0.25, -0.2) is 4.98 Å². The van der Waals surface area contributed by atoms with E-state index in [1.165, 1.54) is 0 Å². The highest BCUT2D eigenvalue weighted by Crippen LogP contribution is 2.29. The van der Waals surface area contributed by atoms with Crippen LogP contribution in [0, 0.1) is 0 Å². The number of nitrogens with one attached hydrogen (secondary N) is 2. The number of ether oxygens (including phenoxy) is 1. The first-order valence-electron chi connectivity index (χ1n) is 10.4. The third-order valence-electron chi connectivity index (χ3n) is 5.86. The van der Waals surface area contributed by atoms with Gasteiger partial charge in [-0.15, -0.1) is 0 Å². The molecule has 1 aliphatic carbocycles. The van der Waals surface area contributed by atoms with E-state index in [0.717, 1.165) is 55.6 Å². The van der Waals surface area contributed by atoms with Crippen molar-refractivity contribution in [2.45, 2.75) is 50.2 Å². The molecule has 4 N–H and O–H groups in total. The zero-order valence-electron chi connectivity index (χ0n) is 16.4. The fourth-order valence-corrected chi connectivity index (χ4v) is 4.18. The molecule has 29 heavy (non-hydrogen) atoms. The molecule has 2 aliphatic rings. The molecule has 1 saturated heterocycles. The van der Waals surface area contributed by atoms with E-state index in [0.29, 0.717) is 30.5 Å². The van der Waals surface area contributed by atoms with E-state index in [9.17, 15) is 0 Å². The van der Waals surface area contributed by atoms with Crippen LogP contribution >= 0.6 is 0 Å². The highest BCUT2D eigenvalue weighted by molar-refractivity contribution is 5.86. The normalized spacial score (nSPS) is 24.7. The molecule has 1 saturated carbocycles. The first kappa shape index (κ1) is 18.3. The van der Waals surface area contributed by atoms with Gasteiger partial charge in [0.15, 0.2) is 17.0 Å². The van der Waals surface area contributed by atoms with Gasteiger partial charge in [0.2, 0.25) is 5.95 Å². The quantitative estimate of drug-likeness (QED) is 0.611. The monoisotopic (exact) mass is 393 g/mol. The summed E-state index contributed by atoms with van der Waals surface area (Å²) in [5.74, 6) is 1.35. The SMILES string of the molecule is NC1CCC(Nc2nc(Nc3ccccc3)c3ncn(C4CCOC4)c3n2)CC1. The average Bonchev–Trinajstić information content (AvgIpc) is 3.40. The Morgan fingerprint density at radius 2 is 1.86 bits per heavy atom. The number of para-hydroxylation sites is 1. The van der Waals surface area contributed by atoms with Crippen molar-refractivity contribution in [1.29, 1.82) is 0 Å². The van der Waals surface area contributed by atoms with Crippen LogP contribution in [0.1, 0.15) is 38.1 Å². The highest BCUT2D eigenvalue weighted by Gasteiger charge is 2.24. The second kappa shape index (κ2) is 7.96. The van der Waals surface area contributed by atoms with Crippen LogP contribution in [0.2, 0.25) is 0 Å². The first-order valence-corrected chi connectivity index (χ1v) is 10.4. The smallest absolute Gasteiger partial charge is 0.227 e. The predicted molar refractivity (Wildman–Crippen MR) is 113 cm³/mol. The van der Waals surface area contributed by atoms with Gasteiger partial charge in [-0.05, 0) is 44.2 Å². The maximum absolute atomic E-state index is 6.06. The first-order chi connectivity index (χ1) is 14.3. The molecule has 0 radical (unpaired) electrons. The van der Waals surface area contributed by atoms with Crippen molar-refractivity contribution >= 4 is 28.6 Å². The number of fused-ring (bicyclic) bond motifs is 1. The molecule has 8 nitrogen and oxygen atoms in total. The molecule has 152 valence electrons.